The van der Waals surface area contributed by atoms with E-state index in [0.29, 0.717) is 5.69 Å². The highest BCUT2D eigenvalue weighted by Gasteiger charge is 2.19. The zero-order chi connectivity index (χ0) is 15.6. The van der Waals surface area contributed by atoms with Gasteiger partial charge in [-0.25, -0.2) is 12.8 Å². The van der Waals surface area contributed by atoms with Crippen molar-refractivity contribution >= 4 is 21.4 Å². The number of anilines is 1. The van der Waals surface area contributed by atoms with Crippen LogP contribution < -0.4 is 11.5 Å². The van der Waals surface area contributed by atoms with Gasteiger partial charge in [-0.1, -0.05) is 6.07 Å². The van der Waals surface area contributed by atoms with Crippen LogP contribution in [-0.2, 0) is 15.6 Å². The summed E-state index contributed by atoms with van der Waals surface area (Å²) in [6.07, 6.45) is 0. The molecule has 110 valence electrons. The highest BCUT2D eigenvalue weighted by molar-refractivity contribution is 7.90. The van der Waals surface area contributed by atoms with Gasteiger partial charge in [0, 0.05) is 16.8 Å². The number of sulfone groups is 1. The summed E-state index contributed by atoms with van der Waals surface area (Å²) in [5.41, 5.74) is 10.9. The summed E-state index contributed by atoms with van der Waals surface area (Å²) < 4.78 is 38.2. The first-order valence-electron chi connectivity index (χ1n) is 5.96. The third-order valence-corrected chi connectivity index (χ3v) is 4.56. The van der Waals surface area contributed by atoms with Gasteiger partial charge < -0.3 is 11.5 Å². The minimum Gasteiger partial charge on any atom is -0.399 e. The molecular weight excluding hydrogens is 295 g/mol. The number of amides is 1. The van der Waals surface area contributed by atoms with E-state index < -0.39 is 27.3 Å². The Morgan fingerprint density at radius 3 is 2.48 bits per heavy atom. The van der Waals surface area contributed by atoms with Crippen LogP contribution in [0.4, 0.5) is 10.1 Å². The first-order valence-corrected chi connectivity index (χ1v) is 7.61. The SMILES string of the molecule is NC(=O)c1ccc(F)c(CS(=O)(=O)c2cccc(N)c2)c1. The van der Waals surface area contributed by atoms with E-state index in [1.165, 1.54) is 24.3 Å². The Morgan fingerprint density at radius 2 is 1.86 bits per heavy atom. The van der Waals surface area contributed by atoms with E-state index in [2.05, 4.69) is 0 Å². The summed E-state index contributed by atoms with van der Waals surface area (Å²) in [4.78, 5) is 11.1. The van der Waals surface area contributed by atoms with E-state index in [4.69, 9.17) is 11.5 Å². The Hall–Kier alpha value is -2.41. The first kappa shape index (κ1) is 15.0. The molecule has 0 aliphatic rings. The quantitative estimate of drug-likeness (QED) is 0.835. The van der Waals surface area contributed by atoms with Gasteiger partial charge in [-0.15, -0.1) is 0 Å². The van der Waals surface area contributed by atoms with Crippen molar-refractivity contribution in [3.05, 3.63) is 59.4 Å². The summed E-state index contributed by atoms with van der Waals surface area (Å²) in [6.45, 7) is 0. The minimum atomic E-state index is -3.77. The van der Waals surface area contributed by atoms with E-state index in [1.54, 1.807) is 6.07 Å². The van der Waals surface area contributed by atoms with Crippen LogP contribution in [0.3, 0.4) is 0 Å². The molecule has 1 amide bonds. The fourth-order valence-electron chi connectivity index (χ4n) is 1.83. The molecule has 0 aromatic heterocycles. The molecule has 2 aromatic rings. The molecule has 0 aliphatic heterocycles. The molecule has 5 nitrogen and oxygen atoms in total. The van der Waals surface area contributed by atoms with Gasteiger partial charge in [0.15, 0.2) is 9.84 Å². The number of hydrogen-bond acceptors (Lipinski definition) is 4. The lowest BCUT2D eigenvalue weighted by Crippen LogP contribution is -2.13. The topological polar surface area (TPSA) is 103 Å². The van der Waals surface area contributed by atoms with Gasteiger partial charge in [0.05, 0.1) is 10.6 Å². The summed E-state index contributed by atoms with van der Waals surface area (Å²) in [5.74, 6) is -2.05. The molecule has 0 unspecified atom stereocenters. The molecule has 4 N–H and O–H groups in total. The summed E-state index contributed by atoms with van der Waals surface area (Å²) in [5, 5.41) is 0. The number of nitrogens with two attached hydrogens (primary N) is 2. The van der Waals surface area contributed by atoms with Gasteiger partial charge in [0.25, 0.3) is 0 Å². The Bertz CT molecular complexity index is 804. The fraction of sp³-hybridized carbons (Fsp3) is 0.0714. The lowest BCUT2D eigenvalue weighted by Gasteiger charge is -2.07. The van der Waals surface area contributed by atoms with E-state index in [-0.39, 0.29) is 16.0 Å². The number of nitrogen functional groups attached to an aromatic ring is 1. The molecule has 0 heterocycles. The van der Waals surface area contributed by atoms with Crippen LogP contribution in [0.15, 0.2) is 47.4 Å². The van der Waals surface area contributed by atoms with Crippen molar-refractivity contribution < 1.29 is 17.6 Å². The summed E-state index contributed by atoms with van der Waals surface area (Å²) in [6, 6.07) is 9.08. The van der Waals surface area contributed by atoms with Gasteiger partial charge in [-0.2, -0.15) is 0 Å². The number of benzene rings is 2. The van der Waals surface area contributed by atoms with Crippen LogP contribution in [0.25, 0.3) is 0 Å². The maximum absolute atomic E-state index is 13.7. The van der Waals surface area contributed by atoms with Crippen LogP contribution in [-0.4, -0.2) is 14.3 Å². The van der Waals surface area contributed by atoms with Crippen LogP contribution in [0, 0.1) is 5.82 Å². The van der Waals surface area contributed by atoms with Crippen molar-refractivity contribution in [2.24, 2.45) is 5.73 Å². The van der Waals surface area contributed by atoms with Gasteiger partial charge >= 0.3 is 0 Å². The van der Waals surface area contributed by atoms with Crippen molar-refractivity contribution in [1.29, 1.82) is 0 Å². The van der Waals surface area contributed by atoms with E-state index >= 15 is 0 Å². The summed E-state index contributed by atoms with van der Waals surface area (Å²) in [7, 11) is -3.77. The molecule has 2 aromatic carbocycles. The molecule has 0 bridgehead atoms. The number of primary amides is 1. The van der Waals surface area contributed by atoms with Crippen LogP contribution in [0.5, 0.6) is 0 Å². The van der Waals surface area contributed by atoms with Gasteiger partial charge in [0.1, 0.15) is 5.82 Å². The monoisotopic (exact) mass is 308 g/mol. The van der Waals surface area contributed by atoms with Crippen molar-refractivity contribution in [3.63, 3.8) is 0 Å². The number of carbonyl (C=O) groups is 1. The van der Waals surface area contributed by atoms with Crippen molar-refractivity contribution in [2.45, 2.75) is 10.6 Å². The van der Waals surface area contributed by atoms with E-state index in [1.807, 2.05) is 0 Å². The van der Waals surface area contributed by atoms with Crippen LogP contribution in [0.1, 0.15) is 15.9 Å². The largest absolute Gasteiger partial charge is 0.399 e. The van der Waals surface area contributed by atoms with Crippen LogP contribution in [0.2, 0.25) is 0 Å². The summed E-state index contributed by atoms with van der Waals surface area (Å²) >= 11 is 0. The normalized spacial score (nSPS) is 11.3. The third kappa shape index (κ3) is 3.38. The number of rotatable bonds is 4. The van der Waals surface area contributed by atoms with Gasteiger partial charge in [-0.05, 0) is 36.4 Å². The van der Waals surface area contributed by atoms with Crippen molar-refractivity contribution in [1.82, 2.24) is 0 Å². The average molecular weight is 308 g/mol. The predicted molar refractivity (Wildman–Crippen MR) is 76.7 cm³/mol. The molecule has 7 heteroatoms. The third-order valence-electron chi connectivity index (χ3n) is 2.89. The number of carbonyl (C=O) groups excluding carboxylic acids is 1. The lowest BCUT2D eigenvalue weighted by atomic mass is 10.1. The van der Waals surface area contributed by atoms with Crippen LogP contribution >= 0.6 is 0 Å². The fourth-order valence-corrected chi connectivity index (χ4v) is 3.23. The molecule has 0 radical (unpaired) electrons. The standard InChI is InChI=1S/C14H13FN2O3S/c15-13-5-4-9(14(17)18)6-10(13)8-21(19,20)12-3-1-2-11(16)7-12/h1-7H,8,16H2,(H2,17,18). The molecule has 2 rings (SSSR count). The average Bonchev–Trinajstić information content (AvgIpc) is 2.41. The molecule has 0 saturated heterocycles. The second kappa shape index (κ2) is 5.53. The maximum Gasteiger partial charge on any atom is 0.248 e. The van der Waals surface area contributed by atoms with Gasteiger partial charge in [0.2, 0.25) is 5.91 Å². The van der Waals surface area contributed by atoms with E-state index in [0.717, 1.165) is 12.1 Å². The molecule has 0 atom stereocenters. The van der Waals surface area contributed by atoms with Crippen molar-refractivity contribution in [2.75, 3.05) is 5.73 Å². The maximum atomic E-state index is 13.7. The van der Waals surface area contributed by atoms with Crippen molar-refractivity contribution in [3.8, 4) is 0 Å². The number of hydrogen-bond donors (Lipinski definition) is 2. The molecule has 0 fully saturated rings. The lowest BCUT2D eigenvalue weighted by molar-refractivity contribution is 0.1000. The first-order chi connectivity index (χ1) is 9.79. The highest BCUT2D eigenvalue weighted by atomic mass is 32.2. The molecular formula is C14H13FN2O3S. The Balaban J connectivity index is 2.41. The smallest absolute Gasteiger partial charge is 0.248 e. The van der Waals surface area contributed by atoms with Gasteiger partial charge in [-0.3, -0.25) is 4.79 Å². The zero-order valence-electron chi connectivity index (χ0n) is 10.9. The second-order valence-electron chi connectivity index (χ2n) is 4.50. The molecule has 0 aliphatic carbocycles. The predicted octanol–water partition coefficient (Wildman–Crippen LogP) is 1.48. The number of halogens is 1. The Kier molecular flexibility index (Phi) is 3.95. The van der Waals surface area contributed by atoms with E-state index in [9.17, 15) is 17.6 Å². The Morgan fingerprint density at radius 1 is 1.14 bits per heavy atom. The molecule has 0 saturated carbocycles. The Labute approximate surface area is 121 Å². The highest BCUT2D eigenvalue weighted by Crippen LogP contribution is 2.21. The minimum absolute atomic E-state index is 0.00798. The molecule has 0 spiro atoms. The second-order valence-corrected chi connectivity index (χ2v) is 6.49. The molecule has 21 heavy (non-hydrogen) atoms. The zero-order valence-corrected chi connectivity index (χ0v) is 11.7.